The molecule has 23 heavy (non-hydrogen) atoms. The van der Waals surface area contributed by atoms with Crippen LogP contribution in [-0.4, -0.2) is 37.6 Å². The normalized spacial score (nSPS) is 18.9. The molecule has 0 spiro atoms. The van der Waals surface area contributed by atoms with E-state index >= 15 is 0 Å². The largest absolute Gasteiger partial charge is 0.384 e. The molecule has 122 valence electrons. The van der Waals surface area contributed by atoms with Crippen molar-refractivity contribution in [2.75, 3.05) is 26.8 Å². The van der Waals surface area contributed by atoms with Crippen LogP contribution in [0.3, 0.4) is 0 Å². The van der Waals surface area contributed by atoms with Gasteiger partial charge in [-0.05, 0) is 36.3 Å². The Morgan fingerprint density at radius 1 is 1.22 bits per heavy atom. The number of ether oxygens (including phenoxy) is 1. The molecule has 2 aromatic carbocycles. The van der Waals surface area contributed by atoms with Crippen molar-refractivity contribution in [1.82, 2.24) is 4.90 Å². The molecule has 3 nitrogen and oxygen atoms in total. The number of carbonyl (C=O) groups excluding carboxylic acids is 1. The van der Waals surface area contributed by atoms with Gasteiger partial charge in [-0.15, -0.1) is 0 Å². The summed E-state index contributed by atoms with van der Waals surface area (Å²) >= 11 is 0. The number of nitrogens with zero attached hydrogens (tertiary/aromatic N) is 1. The van der Waals surface area contributed by atoms with E-state index < -0.39 is 0 Å². The van der Waals surface area contributed by atoms with Crippen LogP contribution in [0.5, 0.6) is 0 Å². The average molecular weight is 315 g/mol. The van der Waals surface area contributed by atoms with Crippen LogP contribution in [0.2, 0.25) is 0 Å². The van der Waals surface area contributed by atoms with Crippen LogP contribution in [0.15, 0.2) is 36.4 Å². The molecule has 0 saturated carbocycles. The molecule has 1 saturated heterocycles. The van der Waals surface area contributed by atoms with Gasteiger partial charge in [0.05, 0.1) is 6.61 Å². The second-order valence-electron chi connectivity index (χ2n) is 6.21. The maximum atomic E-state index is 14.0. The number of rotatable bonds is 3. The highest BCUT2D eigenvalue weighted by Crippen LogP contribution is 2.25. The van der Waals surface area contributed by atoms with E-state index in [1.165, 1.54) is 6.07 Å². The van der Waals surface area contributed by atoms with Crippen molar-refractivity contribution < 1.29 is 13.9 Å². The quantitative estimate of drug-likeness (QED) is 0.860. The molecule has 1 aliphatic heterocycles. The lowest BCUT2D eigenvalue weighted by atomic mass is 10.0. The Bertz CT molecular complexity index is 701. The van der Waals surface area contributed by atoms with E-state index in [1.807, 2.05) is 17.0 Å². The summed E-state index contributed by atoms with van der Waals surface area (Å²) in [5.74, 6) is 0.0765. The number of benzene rings is 2. The Hall–Kier alpha value is -1.94. The van der Waals surface area contributed by atoms with Crippen LogP contribution in [0.1, 0.15) is 29.6 Å². The van der Waals surface area contributed by atoms with Crippen LogP contribution < -0.4 is 0 Å². The lowest BCUT2D eigenvalue weighted by molar-refractivity contribution is 0.0698. The van der Waals surface area contributed by atoms with Crippen LogP contribution >= 0.6 is 0 Å². The topological polar surface area (TPSA) is 29.5 Å². The van der Waals surface area contributed by atoms with E-state index in [1.54, 1.807) is 25.3 Å². The van der Waals surface area contributed by atoms with Crippen molar-refractivity contribution in [2.45, 2.75) is 19.3 Å². The van der Waals surface area contributed by atoms with Gasteiger partial charge >= 0.3 is 0 Å². The molecule has 0 radical (unpaired) electrons. The first-order valence-corrected chi connectivity index (χ1v) is 8.16. The van der Waals surface area contributed by atoms with Crippen molar-refractivity contribution in [1.29, 1.82) is 0 Å². The molecule has 0 bridgehead atoms. The first kappa shape index (κ1) is 15.9. The highest BCUT2D eigenvalue weighted by Gasteiger charge is 2.24. The van der Waals surface area contributed by atoms with Crippen molar-refractivity contribution in [3.63, 3.8) is 0 Å². The molecule has 4 heteroatoms. The molecule has 1 unspecified atom stereocenters. The Labute approximate surface area is 136 Å². The van der Waals surface area contributed by atoms with Gasteiger partial charge in [0.15, 0.2) is 0 Å². The second kappa shape index (κ2) is 7.09. The van der Waals surface area contributed by atoms with Gasteiger partial charge in [0.1, 0.15) is 5.82 Å². The van der Waals surface area contributed by atoms with Crippen molar-refractivity contribution in [2.24, 2.45) is 5.92 Å². The van der Waals surface area contributed by atoms with Gasteiger partial charge in [-0.2, -0.15) is 0 Å². The van der Waals surface area contributed by atoms with E-state index in [0.717, 1.165) is 25.8 Å². The third kappa shape index (κ3) is 3.37. The number of amides is 1. The highest BCUT2D eigenvalue weighted by atomic mass is 19.1. The standard InChI is InChI=1S/C19H22FNO2/c1-23-13-14-6-4-5-11-21(12-14)19(22)17-9-10-18(20)16-8-3-2-7-15(16)17/h2-3,7-10,14H,4-6,11-13H2,1H3. The summed E-state index contributed by atoms with van der Waals surface area (Å²) in [4.78, 5) is 14.9. The Morgan fingerprint density at radius 3 is 2.78 bits per heavy atom. The monoisotopic (exact) mass is 315 g/mol. The Morgan fingerprint density at radius 2 is 2.00 bits per heavy atom. The van der Waals surface area contributed by atoms with Gasteiger partial charge in [0.25, 0.3) is 5.91 Å². The Kier molecular flexibility index (Phi) is 4.91. The number of fused-ring (bicyclic) bond motifs is 1. The van der Waals surface area contributed by atoms with Gasteiger partial charge < -0.3 is 9.64 Å². The van der Waals surface area contributed by atoms with E-state index in [2.05, 4.69) is 0 Å². The minimum absolute atomic E-state index is 0.01000. The minimum atomic E-state index is -0.287. The van der Waals surface area contributed by atoms with E-state index in [0.29, 0.717) is 35.4 Å². The zero-order chi connectivity index (χ0) is 16.2. The number of methoxy groups -OCH3 is 1. The number of carbonyl (C=O) groups is 1. The van der Waals surface area contributed by atoms with Gasteiger partial charge in [-0.1, -0.05) is 30.7 Å². The first-order chi connectivity index (χ1) is 11.2. The molecule has 1 heterocycles. The molecule has 3 rings (SSSR count). The zero-order valence-electron chi connectivity index (χ0n) is 13.4. The van der Waals surface area contributed by atoms with Gasteiger partial charge in [0.2, 0.25) is 0 Å². The smallest absolute Gasteiger partial charge is 0.254 e. The molecule has 1 amide bonds. The van der Waals surface area contributed by atoms with Crippen LogP contribution in [0.4, 0.5) is 4.39 Å². The fourth-order valence-electron chi connectivity index (χ4n) is 3.41. The predicted molar refractivity (Wildman–Crippen MR) is 89.0 cm³/mol. The van der Waals surface area contributed by atoms with Crippen LogP contribution in [-0.2, 0) is 4.74 Å². The molecule has 2 aromatic rings. The highest BCUT2D eigenvalue weighted by molar-refractivity contribution is 6.07. The lowest BCUT2D eigenvalue weighted by Gasteiger charge is -2.25. The van der Waals surface area contributed by atoms with E-state index in [9.17, 15) is 9.18 Å². The predicted octanol–water partition coefficient (Wildman–Crippen LogP) is 3.87. The summed E-state index contributed by atoms with van der Waals surface area (Å²) in [7, 11) is 1.70. The SMILES string of the molecule is COCC1CCCCN(C(=O)c2ccc(F)c3ccccc23)C1. The molecule has 1 atom stereocenters. The fraction of sp³-hybridized carbons (Fsp3) is 0.421. The fourth-order valence-corrected chi connectivity index (χ4v) is 3.41. The van der Waals surface area contributed by atoms with Crippen molar-refractivity contribution in [3.8, 4) is 0 Å². The molecule has 1 aliphatic rings. The Balaban J connectivity index is 1.92. The first-order valence-electron chi connectivity index (χ1n) is 8.16. The maximum absolute atomic E-state index is 14.0. The summed E-state index contributed by atoms with van der Waals surface area (Å²) in [6.45, 7) is 2.14. The summed E-state index contributed by atoms with van der Waals surface area (Å²) < 4.78 is 19.2. The molecular formula is C19H22FNO2. The zero-order valence-corrected chi connectivity index (χ0v) is 13.4. The summed E-state index contributed by atoms with van der Waals surface area (Å²) in [5, 5.41) is 1.19. The van der Waals surface area contributed by atoms with E-state index in [4.69, 9.17) is 4.74 Å². The molecule has 1 fully saturated rings. The number of hydrogen-bond donors (Lipinski definition) is 0. The second-order valence-corrected chi connectivity index (χ2v) is 6.21. The minimum Gasteiger partial charge on any atom is -0.384 e. The van der Waals surface area contributed by atoms with Crippen LogP contribution in [0, 0.1) is 11.7 Å². The van der Waals surface area contributed by atoms with Gasteiger partial charge in [-0.25, -0.2) is 4.39 Å². The number of hydrogen-bond acceptors (Lipinski definition) is 2. The lowest BCUT2D eigenvalue weighted by Crippen LogP contribution is -2.35. The molecule has 0 N–H and O–H groups in total. The van der Waals surface area contributed by atoms with Crippen molar-refractivity contribution in [3.05, 3.63) is 47.8 Å². The van der Waals surface area contributed by atoms with Crippen molar-refractivity contribution >= 4 is 16.7 Å². The maximum Gasteiger partial charge on any atom is 0.254 e. The summed E-state index contributed by atoms with van der Waals surface area (Å²) in [6, 6.07) is 10.2. The van der Waals surface area contributed by atoms with E-state index in [-0.39, 0.29) is 11.7 Å². The van der Waals surface area contributed by atoms with Gasteiger partial charge in [-0.3, -0.25) is 4.79 Å². The summed E-state index contributed by atoms with van der Waals surface area (Å²) in [6.07, 6.45) is 3.20. The molecular weight excluding hydrogens is 293 g/mol. The average Bonchev–Trinajstić information content (AvgIpc) is 2.81. The molecule has 0 aliphatic carbocycles. The number of halogens is 1. The third-order valence-corrected chi connectivity index (χ3v) is 4.56. The van der Waals surface area contributed by atoms with Gasteiger partial charge in [0, 0.05) is 31.1 Å². The summed E-state index contributed by atoms with van der Waals surface area (Å²) in [5.41, 5.74) is 0.583. The van der Waals surface area contributed by atoms with Crippen LogP contribution in [0.25, 0.3) is 10.8 Å². The third-order valence-electron chi connectivity index (χ3n) is 4.56. The molecule has 0 aromatic heterocycles. The number of likely N-dealkylation sites (tertiary alicyclic amines) is 1.